The average molecular weight is 272 g/mol. The molecular formula is C15H16N2O3. The Labute approximate surface area is 115 Å². The maximum absolute atomic E-state index is 12.0. The van der Waals surface area contributed by atoms with E-state index in [1.165, 1.54) is 4.57 Å². The molecule has 2 N–H and O–H groups in total. The van der Waals surface area contributed by atoms with Crippen molar-refractivity contribution in [3.8, 4) is 17.0 Å². The number of aromatic amines is 1. The van der Waals surface area contributed by atoms with Gasteiger partial charge in [0.2, 0.25) is 5.88 Å². The third-order valence-corrected chi connectivity index (χ3v) is 3.95. The number of H-pyrrole nitrogens is 1. The molecule has 1 aromatic carbocycles. The van der Waals surface area contributed by atoms with Crippen LogP contribution in [0.25, 0.3) is 11.1 Å². The fraction of sp³-hybridized carbons (Fsp3) is 0.333. The molecule has 20 heavy (non-hydrogen) atoms. The first-order valence-electron chi connectivity index (χ1n) is 6.55. The summed E-state index contributed by atoms with van der Waals surface area (Å²) >= 11 is 0. The highest BCUT2D eigenvalue weighted by atomic mass is 16.3. The van der Waals surface area contributed by atoms with Gasteiger partial charge in [-0.05, 0) is 17.4 Å². The number of benzene rings is 1. The number of hydrogen-bond donors (Lipinski definition) is 2. The zero-order chi connectivity index (χ0) is 14.5. The monoisotopic (exact) mass is 272 g/mol. The number of aromatic hydroxyl groups is 1. The highest BCUT2D eigenvalue weighted by molar-refractivity contribution is 5.67. The van der Waals surface area contributed by atoms with E-state index in [0.29, 0.717) is 5.56 Å². The van der Waals surface area contributed by atoms with Crippen molar-refractivity contribution in [2.24, 2.45) is 5.41 Å². The van der Waals surface area contributed by atoms with Crippen molar-refractivity contribution < 1.29 is 5.11 Å². The Bertz CT molecular complexity index is 772. The Balaban J connectivity index is 2.25. The van der Waals surface area contributed by atoms with Gasteiger partial charge in [0, 0.05) is 6.04 Å². The van der Waals surface area contributed by atoms with Crippen molar-refractivity contribution in [3.63, 3.8) is 0 Å². The van der Waals surface area contributed by atoms with Gasteiger partial charge in [0.1, 0.15) is 5.56 Å². The van der Waals surface area contributed by atoms with Crippen LogP contribution in [0.15, 0.2) is 39.9 Å². The SMILES string of the molecule is CC1(C)CC1n1c(O)c(-c2ccccc2)c(=O)[nH]c1=O. The van der Waals surface area contributed by atoms with Crippen LogP contribution in [-0.2, 0) is 0 Å². The van der Waals surface area contributed by atoms with Gasteiger partial charge in [-0.2, -0.15) is 0 Å². The van der Waals surface area contributed by atoms with Crippen LogP contribution in [0.5, 0.6) is 5.88 Å². The molecule has 1 saturated carbocycles. The Morgan fingerprint density at radius 3 is 2.40 bits per heavy atom. The minimum Gasteiger partial charge on any atom is -0.494 e. The summed E-state index contributed by atoms with van der Waals surface area (Å²) in [4.78, 5) is 26.2. The maximum Gasteiger partial charge on any atom is 0.331 e. The third-order valence-electron chi connectivity index (χ3n) is 3.95. The number of rotatable bonds is 2. The molecule has 5 nitrogen and oxygen atoms in total. The highest BCUT2D eigenvalue weighted by Crippen LogP contribution is 2.56. The lowest BCUT2D eigenvalue weighted by Gasteiger charge is -2.12. The Hall–Kier alpha value is -2.30. The van der Waals surface area contributed by atoms with Gasteiger partial charge in [-0.3, -0.25) is 14.3 Å². The minimum atomic E-state index is -0.562. The molecule has 1 aromatic heterocycles. The molecule has 1 atom stereocenters. The molecule has 1 aliphatic carbocycles. The molecule has 2 aromatic rings. The smallest absolute Gasteiger partial charge is 0.331 e. The summed E-state index contributed by atoms with van der Waals surface area (Å²) in [6.07, 6.45) is 0.806. The van der Waals surface area contributed by atoms with Crippen LogP contribution in [0, 0.1) is 5.41 Å². The third kappa shape index (κ3) is 1.86. The number of aromatic nitrogens is 2. The summed E-state index contributed by atoms with van der Waals surface area (Å²) in [5.74, 6) is -0.250. The van der Waals surface area contributed by atoms with Crippen LogP contribution >= 0.6 is 0 Å². The van der Waals surface area contributed by atoms with E-state index in [0.717, 1.165) is 6.42 Å². The second kappa shape index (κ2) is 4.10. The Morgan fingerprint density at radius 1 is 1.25 bits per heavy atom. The largest absolute Gasteiger partial charge is 0.494 e. The molecule has 104 valence electrons. The average Bonchev–Trinajstić information content (AvgIpc) is 2.98. The van der Waals surface area contributed by atoms with E-state index in [2.05, 4.69) is 4.98 Å². The second-order valence-corrected chi connectivity index (χ2v) is 5.90. The van der Waals surface area contributed by atoms with Crippen LogP contribution < -0.4 is 11.2 Å². The predicted molar refractivity (Wildman–Crippen MR) is 75.9 cm³/mol. The maximum atomic E-state index is 12.0. The van der Waals surface area contributed by atoms with E-state index in [4.69, 9.17) is 0 Å². The van der Waals surface area contributed by atoms with Crippen molar-refractivity contribution in [3.05, 3.63) is 51.2 Å². The molecular weight excluding hydrogens is 256 g/mol. The van der Waals surface area contributed by atoms with Crippen molar-refractivity contribution >= 4 is 0 Å². The molecule has 5 heteroatoms. The Kier molecular flexibility index (Phi) is 2.61. The minimum absolute atomic E-state index is 0.0342. The van der Waals surface area contributed by atoms with Crippen LogP contribution in [0.3, 0.4) is 0 Å². The molecule has 0 saturated heterocycles. The first-order valence-corrected chi connectivity index (χ1v) is 6.55. The zero-order valence-electron chi connectivity index (χ0n) is 11.4. The topological polar surface area (TPSA) is 75.1 Å². The van der Waals surface area contributed by atoms with Crippen LogP contribution in [0.1, 0.15) is 26.3 Å². The van der Waals surface area contributed by atoms with Gasteiger partial charge >= 0.3 is 5.69 Å². The van der Waals surface area contributed by atoms with Gasteiger partial charge in [0.15, 0.2) is 0 Å². The molecule has 0 spiro atoms. The summed E-state index contributed by atoms with van der Waals surface area (Å²) in [6, 6.07) is 8.78. The number of nitrogens with one attached hydrogen (secondary N) is 1. The summed E-state index contributed by atoms with van der Waals surface area (Å²) in [7, 11) is 0. The molecule has 0 amide bonds. The van der Waals surface area contributed by atoms with E-state index in [1.54, 1.807) is 24.3 Å². The lowest BCUT2D eigenvalue weighted by molar-refractivity contribution is 0.386. The van der Waals surface area contributed by atoms with Crippen LogP contribution in [0.4, 0.5) is 0 Å². The first-order chi connectivity index (χ1) is 9.42. The molecule has 0 radical (unpaired) electrons. The van der Waals surface area contributed by atoms with Gasteiger partial charge in [0.25, 0.3) is 5.56 Å². The van der Waals surface area contributed by atoms with Gasteiger partial charge in [-0.25, -0.2) is 4.79 Å². The number of hydrogen-bond acceptors (Lipinski definition) is 3. The lowest BCUT2D eigenvalue weighted by Crippen LogP contribution is -2.31. The van der Waals surface area contributed by atoms with Crippen LogP contribution in [0.2, 0.25) is 0 Å². The standard InChI is InChI=1S/C15H16N2O3/c1-15(2)8-10(15)17-13(19)11(12(18)16-14(17)20)9-6-4-3-5-7-9/h3-7,10,19H,8H2,1-2H3,(H,16,18,20). The molecule has 3 rings (SSSR count). The molecule has 1 heterocycles. The normalized spacial score (nSPS) is 19.8. The van der Waals surface area contributed by atoms with Gasteiger partial charge < -0.3 is 5.11 Å². The lowest BCUT2D eigenvalue weighted by atomic mass is 10.1. The van der Waals surface area contributed by atoms with E-state index in [9.17, 15) is 14.7 Å². The van der Waals surface area contributed by atoms with Gasteiger partial charge in [-0.15, -0.1) is 0 Å². The fourth-order valence-corrected chi connectivity index (χ4v) is 2.57. The number of nitrogens with zero attached hydrogens (tertiary/aromatic N) is 1. The molecule has 1 unspecified atom stereocenters. The van der Waals surface area contributed by atoms with Crippen molar-refractivity contribution in [1.29, 1.82) is 0 Å². The van der Waals surface area contributed by atoms with Crippen molar-refractivity contribution in [2.75, 3.05) is 0 Å². The predicted octanol–water partition coefficient (Wildman–Crippen LogP) is 1.88. The van der Waals surface area contributed by atoms with E-state index >= 15 is 0 Å². The molecule has 0 bridgehead atoms. The fourth-order valence-electron chi connectivity index (χ4n) is 2.57. The van der Waals surface area contributed by atoms with Crippen molar-refractivity contribution in [2.45, 2.75) is 26.3 Å². The summed E-state index contributed by atoms with van der Waals surface area (Å²) in [5, 5.41) is 10.4. The quantitative estimate of drug-likeness (QED) is 0.876. The van der Waals surface area contributed by atoms with Gasteiger partial charge in [-0.1, -0.05) is 44.2 Å². The van der Waals surface area contributed by atoms with E-state index < -0.39 is 11.2 Å². The van der Waals surface area contributed by atoms with E-state index in [1.807, 2.05) is 19.9 Å². The van der Waals surface area contributed by atoms with Crippen LogP contribution in [-0.4, -0.2) is 14.7 Å². The highest BCUT2D eigenvalue weighted by Gasteiger charge is 2.49. The summed E-state index contributed by atoms with van der Waals surface area (Å²) in [5.41, 5.74) is -0.407. The first kappa shape index (κ1) is 12.7. The second-order valence-electron chi connectivity index (χ2n) is 5.90. The van der Waals surface area contributed by atoms with Crippen molar-refractivity contribution in [1.82, 2.24) is 9.55 Å². The van der Waals surface area contributed by atoms with Gasteiger partial charge in [0.05, 0.1) is 0 Å². The zero-order valence-corrected chi connectivity index (χ0v) is 11.4. The molecule has 1 fully saturated rings. The molecule has 1 aliphatic rings. The Morgan fingerprint density at radius 2 is 1.85 bits per heavy atom. The molecule has 0 aliphatic heterocycles. The summed E-state index contributed by atoms with van der Waals surface area (Å²) < 4.78 is 1.30. The summed E-state index contributed by atoms with van der Waals surface area (Å²) in [6.45, 7) is 4.05. The van der Waals surface area contributed by atoms with E-state index in [-0.39, 0.29) is 22.9 Å².